The predicted molar refractivity (Wildman–Crippen MR) is 332 cm³/mol. The van der Waals surface area contributed by atoms with Gasteiger partial charge in [0.15, 0.2) is 11.6 Å². The van der Waals surface area contributed by atoms with Crippen LogP contribution in [0.15, 0.2) is 0 Å². The van der Waals surface area contributed by atoms with Crippen molar-refractivity contribution in [3.63, 3.8) is 0 Å². The van der Waals surface area contributed by atoms with Gasteiger partial charge in [-0.15, -0.1) is 0 Å². The lowest BCUT2D eigenvalue weighted by molar-refractivity contribution is -0.154. The summed E-state index contributed by atoms with van der Waals surface area (Å²) in [6, 6.07) is -11.3. The molecule has 0 aromatic rings. The van der Waals surface area contributed by atoms with E-state index < -0.39 is 173 Å². The van der Waals surface area contributed by atoms with E-state index >= 15 is 4.79 Å². The topological polar surface area (TPSA) is 284 Å². The van der Waals surface area contributed by atoms with Gasteiger partial charge in [0.1, 0.15) is 42.3 Å². The number of nitrogens with zero attached hydrogens (tertiary/aromatic N) is 6. The SMILES string of the molecule is CCCC[C@@H](C)[C@@H](O)[C@@H]1NC(=O)[C@H](C(C)C)N(C)C(=O)[C@H](CC(C)C)N(C)C(=O)[C@H](CC(C)C)N(C)C(=O)[C@@H](C)NC(=O)[C@H](C)CC(=O)[C@H](CC(C)C)N(C)C(=O)[C@H](C(C)C)CC(=O)[C@H](C(C)(C)CO)N(C)C(=O)[C@@H](C)N(C)C(=O)[C@H](CC)NC1=O. The first-order valence-electron chi connectivity index (χ1n) is 31.4. The lowest BCUT2D eigenvalue weighted by Crippen LogP contribution is -2.63. The molecule has 5 N–H and O–H groups in total. The fourth-order valence-electron chi connectivity index (χ4n) is 11.6. The third kappa shape index (κ3) is 21.1. The minimum Gasteiger partial charge on any atom is -0.396 e. The Morgan fingerprint density at radius 3 is 1.45 bits per heavy atom. The Kier molecular flexibility index (Phi) is 31.8. The van der Waals surface area contributed by atoms with Crippen LogP contribution in [0, 0.1) is 52.8 Å². The van der Waals surface area contributed by atoms with Crippen molar-refractivity contribution in [2.45, 2.75) is 243 Å². The van der Waals surface area contributed by atoms with Crippen LogP contribution in [-0.4, -0.2) is 214 Å². The average molecular weight is 1220 g/mol. The van der Waals surface area contributed by atoms with E-state index in [1.165, 1.54) is 82.7 Å². The van der Waals surface area contributed by atoms with Gasteiger partial charge >= 0.3 is 0 Å². The molecule has 0 aliphatic carbocycles. The molecule has 0 spiro atoms. The number of aliphatic hydroxyl groups is 2. The maximum absolute atomic E-state index is 15.0. The van der Waals surface area contributed by atoms with E-state index in [2.05, 4.69) is 16.0 Å². The summed E-state index contributed by atoms with van der Waals surface area (Å²) >= 11 is 0. The van der Waals surface area contributed by atoms with Crippen molar-refractivity contribution in [3.8, 4) is 0 Å². The number of carbonyl (C=O) groups is 11. The third-order valence-electron chi connectivity index (χ3n) is 17.4. The Balaban J connectivity index is 4.36. The first-order valence-corrected chi connectivity index (χ1v) is 31.4. The summed E-state index contributed by atoms with van der Waals surface area (Å²) in [7, 11) is 8.56. The van der Waals surface area contributed by atoms with Crippen molar-refractivity contribution in [1.29, 1.82) is 0 Å². The summed E-state index contributed by atoms with van der Waals surface area (Å²) in [4.78, 5) is 168. The second kappa shape index (κ2) is 34.9. The highest BCUT2D eigenvalue weighted by atomic mass is 16.3. The van der Waals surface area contributed by atoms with Crippen molar-refractivity contribution in [2.75, 3.05) is 48.9 Å². The third-order valence-corrected chi connectivity index (χ3v) is 17.4. The number of carbonyl (C=O) groups excluding carboxylic acids is 11. The molecule has 13 atom stereocenters. The monoisotopic (exact) mass is 1220 g/mol. The number of aliphatic hydroxyl groups excluding tert-OH is 2. The number of hydrogen-bond donors (Lipinski definition) is 5. The predicted octanol–water partition coefficient (Wildman–Crippen LogP) is 4.69. The molecule has 1 rings (SSSR count). The number of hydrogen-bond acceptors (Lipinski definition) is 13. The Hall–Kier alpha value is -5.51. The van der Waals surface area contributed by atoms with E-state index in [9.17, 15) is 58.2 Å². The molecule has 0 saturated carbocycles. The molecule has 1 heterocycles. The van der Waals surface area contributed by atoms with Crippen molar-refractivity contribution < 1.29 is 63.0 Å². The Morgan fingerprint density at radius 1 is 0.523 bits per heavy atom. The number of unbranched alkanes of at least 4 members (excludes halogenated alkanes) is 1. The molecule has 494 valence electrons. The van der Waals surface area contributed by atoms with Gasteiger partial charge in [-0.05, 0) is 81.5 Å². The molecule has 22 nitrogen and oxygen atoms in total. The first kappa shape index (κ1) is 78.5. The van der Waals surface area contributed by atoms with Crippen molar-refractivity contribution >= 4 is 64.7 Å². The molecule has 1 aliphatic heterocycles. The standard InChI is InChI=1S/C64H115N9O13/c1-25-27-28-40(13)53(77)51-56(79)66-45(26-2)61(84)68(19)43(16)59(82)73(24)54(64(17,18)34-74)50(76)33-44(38(9)10)60(83)69(20)46(29-35(3)4)49(75)32-41(14)55(78)65-42(15)58(81)70(21)47(30-36(5)6)62(85)71(22)48(31-37(7)8)63(86)72(23)52(39(11)12)57(80)67-51/h35-48,51-54,74,77H,25-34H2,1-24H3,(H,65,78)(H,66,79)(H,67,80)/t40-,41-,42-,43-,44+,45+,46+,47+,48+,51+,52+,53-,54-/m1/s1. The molecule has 1 fully saturated rings. The van der Waals surface area contributed by atoms with E-state index in [0.29, 0.717) is 12.8 Å². The largest absolute Gasteiger partial charge is 0.396 e. The van der Waals surface area contributed by atoms with E-state index in [1.54, 1.807) is 55.4 Å². The van der Waals surface area contributed by atoms with E-state index in [1.807, 2.05) is 48.5 Å². The van der Waals surface area contributed by atoms with Gasteiger partial charge < -0.3 is 55.6 Å². The van der Waals surface area contributed by atoms with Gasteiger partial charge in [0.05, 0.1) is 24.8 Å². The number of ketones is 2. The Bertz CT molecular complexity index is 2320. The second-order valence-electron chi connectivity index (χ2n) is 27.4. The van der Waals surface area contributed by atoms with Crippen LogP contribution >= 0.6 is 0 Å². The maximum atomic E-state index is 15.0. The maximum Gasteiger partial charge on any atom is 0.245 e. The van der Waals surface area contributed by atoms with Crippen LogP contribution in [0.4, 0.5) is 0 Å². The molecular formula is C64H115N9O13. The van der Waals surface area contributed by atoms with E-state index in [4.69, 9.17) is 0 Å². The average Bonchev–Trinajstić information content (AvgIpc) is 2.28. The van der Waals surface area contributed by atoms with Gasteiger partial charge in [-0.1, -0.05) is 124 Å². The molecule has 0 radical (unpaired) electrons. The van der Waals surface area contributed by atoms with Crippen LogP contribution in [0.5, 0.6) is 0 Å². The molecular weight excluding hydrogens is 1100 g/mol. The fourth-order valence-corrected chi connectivity index (χ4v) is 11.6. The minimum absolute atomic E-state index is 0.000463. The summed E-state index contributed by atoms with van der Waals surface area (Å²) in [6.07, 6.45) is 0.253. The first-order chi connectivity index (χ1) is 39.6. The summed E-state index contributed by atoms with van der Waals surface area (Å²) in [5.41, 5.74) is -1.29. The molecule has 1 saturated heterocycles. The number of rotatable bonds is 16. The molecule has 9 amide bonds. The summed E-state index contributed by atoms with van der Waals surface area (Å²) < 4.78 is 0. The number of amides is 9. The quantitative estimate of drug-likeness (QED) is 0.140. The lowest BCUT2D eigenvalue weighted by atomic mass is 9.77. The second-order valence-corrected chi connectivity index (χ2v) is 27.4. The zero-order chi connectivity index (χ0) is 66.9. The van der Waals surface area contributed by atoms with Crippen molar-refractivity contribution in [2.24, 2.45) is 52.8 Å². The van der Waals surface area contributed by atoms with Crippen LogP contribution in [0.3, 0.4) is 0 Å². The highest BCUT2D eigenvalue weighted by Gasteiger charge is 2.46. The lowest BCUT2D eigenvalue weighted by Gasteiger charge is -2.41. The van der Waals surface area contributed by atoms with Crippen molar-refractivity contribution in [1.82, 2.24) is 45.3 Å². The number of nitrogens with one attached hydrogen (secondary N) is 3. The van der Waals surface area contributed by atoms with Crippen LogP contribution < -0.4 is 16.0 Å². The number of likely N-dealkylation sites (N-methyl/N-ethyl adjacent to an activating group) is 6. The van der Waals surface area contributed by atoms with E-state index in [0.717, 1.165) is 16.2 Å². The van der Waals surface area contributed by atoms with Gasteiger partial charge in [-0.2, -0.15) is 0 Å². The van der Waals surface area contributed by atoms with Crippen LogP contribution in [0.25, 0.3) is 0 Å². The number of Topliss-reactive ketones (excluding diaryl/α,β-unsaturated/α-hetero) is 2. The van der Waals surface area contributed by atoms with Gasteiger partial charge in [0, 0.05) is 72.4 Å². The molecule has 86 heavy (non-hydrogen) atoms. The van der Waals surface area contributed by atoms with E-state index in [-0.39, 0.29) is 49.9 Å². The molecule has 1 aliphatic rings. The molecule has 22 heteroatoms. The van der Waals surface area contributed by atoms with Crippen LogP contribution in [0.1, 0.15) is 182 Å². The van der Waals surface area contributed by atoms with Gasteiger partial charge in [-0.3, -0.25) is 52.7 Å². The van der Waals surface area contributed by atoms with Gasteiger partial charge in [0.2, 0.25) is 53.2 Å². The molecule has 0 unspecified atom stereocenters. The molecule has 0 aromatic carbocycles. The van der Waals surface area contributed by atoms with Gasteiger partial charge in [0.25, 0.3) is 0 Å². The van der Waals surface area contributed by atoms with Crippen molar-refractivity contribution in [3.05, 3.63) is 0 Å². The highest BCUT2D eigenvalue weighted by Crippen LogP contribution is 2.32. The normalized spacial score (nSPS) is 27.7. The summed E-state index contributed by atoms with van der Waals surface area (Å²) in [5.74, 6) is -11.1. The molecule has 0 aromatic heterocycles. The molecule has 0 bridgehead atoms. The summed E-state index contributed by atoms with van der Waals surface area (Å²) in [6.45, 7) is 30.6. The minimum atomic E-state index is -1.65. The van der Waals surface area contributed by atoms with Crippen LogP contribution in [0.2, 0.25) is 0 Å². The fraction of sp³-hybridized carbons (Fsp3) is 0.828. The zero-order valence-electron chi connectivity index (χ0n) is 57.0. The smallest absolute Gasteiger partial charge is 0.245 e. The summed E-state index contributed by atoms with van der Waals surface area (Å²) in [5, 5.41) is 30.9. The van der Waals surface area contributed by atoms with Gasteiger partial charge in [-0.25, -0.2) is 0 Å². The van der Waals surface area contributed by atoms with Crippen LogP contribution in [-0.2, 0) is 52.7 Å². The highest BCUT2D eigenvalue weighted by molar-refractivity contribution is 6.00. The Labute approximate surface area is 515 Å². The zero-order valence-corrected chi connectivity index (χ0v) is 57.0. The Morgan fingerprint density at radius 2 is 1.00 bits per heavy atom.